The van der Waals surface area contributed by atoms with Gasteiger partial charge in [-0.25, -0.2) is 0 Å². The Morgan fingerprint density at radius 2 is 2.24 bits per heavy atom. The van der Waals surface area contributed by atoms with Crippen molar-refractivity contribution in [3.05, 3.63) is 28.1 Å². The van der Waals surface area contributed by atoms with Gasteiger partial charge in [-0.3, -0.25) is 0 Å². The Kier molecular flexibility index (Phi) is 3.33. The van der Waals surface area contributed by atoms with E-state index in [1.165, 1.54) is 0 Å². The Hall–Kier alpha value is -1.55. The number of aromatic nitrogens is 1. The normalized spacial score (nSPS) is 10.9. The van der Waals surface area contributed by atoms with Crippen LogP contribution in [0, 0.1) is 4.91 Å². The van der Waals surface area contributed by atoms with Gasteiger partial charge >= 0.3 is 0 Å². The van der Waals surface area contributed by atoms with E-state index in [4.69, 9.17) is 11.6 Å². The summed E-state index contributed by atoms with van der Waals surface area (Å²) in [5.74, 6) is -0.100. The topological polar surface area (TPSA) is 54.6 Å². The summed E-state index contributed by atoms with van der Waals surface area (Å²) < 4.78 is 1.65. The lowest BCUT2D eigenvalue weighted by Gasteiger charge is -2.06. The molecule has 0 bridgehead atoms. The summed E-state index contributed by atoms with van der Waals surface area (Å²) in [6.45, 7) is 2.68. The van der Waals surface area contributed by atoms with Crippen LogP contribution < -0.4 is 0 Å². The van der Waals surface area contributed by atoms with Crippen molar-refractivity contribution in [1.82, 2.24) is 4.57 Å². The summed E-state index contributed by atoms with van der Waals surface area (Å²) in [4.78, 5) is 10.8. The molecular formula is C12H13ClN2O2. The molecule has 90 valence electrons. The Balaban J connectivity index is 2.71. The molecule has 0 radical (unpaired) electrons. The third-order valence-electron chi connectivity index (χ3n) is 2.81. The lowest BCUT2D eigenvalue weighted by Crippen LogP contribution is -1.96. The molecule has 17 heavy (non-hydrogen) atoms. The Bertz CT molecular complexity index is 563. The first-order chi connectivity index (χ1) is 8.20. The van der Waals surface area contributed by atoms with Gasteiger partial charge in [-0.2, -0.15) is 0 Å². The van der Waals surface area contributed by atoms with Gasteiger partial charge in [-0.1, -0.05) is 37.1 Å². The SMILES string of the molecule is CCCCn1c(O)c(N=O)c2cccc(Cl)c21. The zero-order valence-corrected chi connectivity index (χ0v) is 10.2. The van der Waals surface area contributed by atoms with Gasteiger partial charge in [0.15, 0.2) is 5.69 Å². The number of hydrogen-bond acceptors (Lipinski definition) is 3. The van der Waals surface area contributed by atoms with Crippen LogP contribution in [0.3, 0.4) is 0 Å². The number of hydrogen-bond donors (Lipinski definition) is 1. The first kappa shape index (κ1) is 11.9. The molecule has 5 heteroatoms. The third-order valence-corrected chi connectivity index (χ3v) is 3.11. The minimum absolute atomic E-state index is 0.0682. The lowest BCUT2D eigenvalue weighted by atomic mass is 10.2. The molecule has 0 aliphatic rings. The van der Waals surface area contributed by atoms with E-state index in [1.54, 1.807) is 22.8 Å². The van der Waals surface area contributed by atoms with E-state index in [-0.39, 0.29) is 11.6 Å². The number of rotatable bonds is 4. The number of fused-ring (bicyclic) bond motifs is 1. The highest BCUT2D eigenvalue weighted by molar-refractivity contribution is 6.35. The zero-order valence-electron chi connectivity index (χ0n) is 9.48. The van der Waals surface area contributed by atoms with Gasteiger partial charge < -0.3 is 9.67 Å². The fourth-order valence-corrected chi connectivity index (χ4v) is 2.24. The fraction of sp³-hybridized carbons (Fsp3) is 0.333. The average Bonchev–Trinajstić information content (AvgIpc) is 2.60. The van der Waals surface area contributed by atoms with E-state index in [0.29, 0.717) is 22.5 Å². The van der Waals surface area contributed by atoms with E-state index in [0.717, 1.165) is 12.8 Å². The molecule has 2 rings (SSSR count). The van der Waals surface area contributed by atoms with E-state index >= 15 is 0 Å². The van der Waals surface area contributed by atoms with E-state index in [1.807, 2.05) is 0 Å². The van der Waals surface area contributed by atoms with Crippen LogP contribution >= 0.6 is 11.6 Å². The first-order valence-corrected chi connectivity index (χ1v) is 5.91. The summed E-state index contributed by atoms with van der Waals surface area (Å²) in [5.41, 5.74) is 0.744. The van der Waals surface area contributed by atoms with Crippen molar-refractivity contribution < 1.29 is 5.11 Å². The molecule has 4 nitrogen and oxygen atoms in total. The second-order valence-electron chi connectivity index (χ2n) is 3.90. The van der Waals surface area contributed by atoms with Crippen molar-refractivity contribution in [3.8, 4) is 5.88 Å². The van der Waals surface area contributed by atoms with Crippen molar-refractivity contribution in [3.63, 3.8) is 0 Å². The Morgan fingerprint density at radius 3 is 2.88 bits per heavy atom. The first-order valence-electron chi connectivity index (χ1n) is 5.53. The number of benzene rings is 1. The molecule has 0 atom stereocenters. The molecule has 0 aliphatic carbocycles. The van der Waals surface area contributed by atoms with Gasteiger partial charge in [0.25, 0.3) is 0 Å². The van der Waals surface area contributed by atoms with Crippen LogP contribution in [0.15, 0.2) is 23.4 Å². The predicted octanol–water partition coefficient (Wildman–Crippen LogP) is 4.20. The summed E-state index contributed by atoms with van der Waals surface area (Å²) in [6, 6.07) is 5.21. The fourth-order valence-electron chi connectivity index (χ4n) is 1.96. The van der Waals surface area contributed by atoms with Gasteiger partial charge in [-0.05, 0) is 17.7 Å². The average molecular weight is 253 g/mol. The van der Waals surface area contributed by atoms with Crippen LogP contribution in [0.2, 0.25) is 5.02 Å². The monoisotopic (exact) mass is 252 g/mol. The highest BCUT2D eigenvalue weighted by atomic mass is 35.5. The molecule has 0 unspecified atom stereocenters. The Morgan fingerprint density at radius 1 is 1.47 bits per heavy atom. The number of halogens is 1. The molecule has 1 aromatic heterocycles. The standard InChI is InChI=1S/C12H13ClN2O2/c1-2-3-7-15-11-8(5-4-6-9(11)13)10(14-17)12(15)16/h4-6,16H,2-3,7H2,1H3. The summed E-state index contributed by atoms with van der Waals surface area (Å²) in [6.07, 6.45) is 1.90. The van der Waals surface area contributed by atoms with E-state index < -0.39 is 0 Å². The molecule has 0 saturated carbocycles. The molecule has 1 aromatic carbocycles. The number of nitroso groups, excluding NO2 is 1. The second-order valence-corrected chi connectivity index (χ2v) is 4.31. The second kappa shape index (κ2) is 4.75. The van der Waals surface area contributed by atoms with Crippen molar-refractivity contribution in [2.75, 3.05) is 0 Å². The minimum atomic E-state index is -0.100. The van der Waals surface area contributed by atoms with Gasteiger partial charge in [-0.15, -0.1) is 4.91 Å². The molecule has 1 N–H and O–H groups in total. The van der Waals surface area contributed by atoms with Gasteiger partial charge in [0.1, 0.15) is 0 Å². The number of unbranched alkanes of at least 4 members (excludes halogenated alkanes) is 1. The molecule has 0 fully saturated rings. The Labute approximate surface area is 104 Å². The molecule has 0 aliphatic heterocycles. The molecule has 0 amide bonds. The number of aryl methyl sites for hydroxylation is 1. The molecule has 2 aromatic rings. The summed E-state index contributed by atoms with van der Waals surface area (Å²) in [5, 5.41) is 14.0. The minimum Gasteiger partial charge on any atom is -0.493 e. The van der Waals surface area contributed by atoms with Crippen molar-refractivity contribution in [2.45, 2.75) is 26.3 Å². The maximum atomic E-state index is 10.8. The van der Waals surface area contributed by atoms with E-state index in [9.17, 15) is 10.0 Å². The van der Waals surface area contributed by atoms with Crippen LogP contribution in [0.5, 0.6) is 5.88 Å². The highest BCUT2D eigenvalue weighted by Crippen LogP contribution is 2.41. The van der Waals surface area contributed by atoms with Gasteiger partial charge in [0.2, 0.25) is 5.88 Å². The number of para-hydroxylation sites is 1. The van der Waals surface area contributed by atoms with Crippen LogP contribution in [-0.4, -0.2) is 9.67 Å². The molecule has 0 spiro atoms. The van der Waals surface area contributed by atoms with Crippen molar-refractivity contribution in [2.24, 2.45) is 5.18 Å². The summed E-state index contributed by atoms with van der Waals surface area (Å²) in [7, 11) is 0. The highest BCUT2D eigenvalue weighted by Gasteiger charge is 2.18. The molecule has 1 heterocycles. The predicted molar refractivity (Wildman–Crippen MR) is 69.0 cm³/mol. The van der Waals surface area contributed by atoms with Gasteiger partial charge in [0, 0.05) is 11.9 Å². The molecular weight excluding hydrogens is 240 g/mol. The maximum absolute atomic E-state index is 10.8. The van der Waals surface area contributed by atoms with Crippen LogP contribution in [0.25, 0.3) is 10.9 Å². The van der Waals surface area contributed by atoms with Gasteiger partial charge in [0.05, 0.1) is 10.5 Å². The molecule has 0 saturated heterocycles. The van der Waals surface area contributed by atoms with Crippen molar-refractivity contribution >= 4 is 28.2 Å². The smallest absolute Gasteiger partial charge is 0.222 e. The summed E-state index contributed by atoms with van der Waals surface area (Å²) >= 11 is 6.11. The largest absolute Gasteiger partial charge is 0.493 e. The van der Waals surface area contributed by atoms with Crippen LogP contribution in [0.4, 0.5) is 5.69 Å². The number of aromatic hydroxyl groups is 1. The lowest BCUT2D eigenvalue weighted by molar-refractivity contribution is 0.418. The van der Waals surface area contributed by atoms with Crippen LogP contribution in [-0.2, 0) is 6.54 Å². The zero-order chi connectivity index (χ0) is 12.4. The number of nitrogens with zero attached hydrogens (tertiary/aromatic N) is 2. The maximum Gasteiger partial charge on any atom is 0.222 e. The van der Waals surface area contributed by atoms with E-state index in [2.05, 4.69) is 12.1 Å². The van der Waals surface area contributed by atoms with Crippen LogP contribution in [0.1, 0.15) is 19.8 Å². The third kappa shape index (κ3) is 1.89. The van der Waals surface area contributed by atoms with Crippen molar-refractivity contribution in [1.29, 1.82) is 0 Å². The quantitative estimate of drug-likeness (QED) is 0.829.